The second-order valence-corrected chi connectivity index (χ2v) is 5.50. The van der Waals surface area contributed by atoms with Crippen molar-refractivity contribution in [2.45, 2.75) is 24.7 Å². The standard InChI is InChI=1S/C15H19NO3/c17-14(18)11-15(5-6-15)12-1-3-13(4-2-12)16-7-9-19-10-8-16/h1-4H,5-11H2,(H,17,18). The number of hydrogen-bond donors (Lipinski definition) is 1. The van der Waals surface area contributed by atoms with E-state index in [0.29, 0.717) is 0 Å². The van der Waals surface area contributed by atoms with Crippen LogP contribution in [0.4, 0.5) is 5.69 Å². The van der Waals surface area contributed by atoms with Gasteiger partial charge in [-0.15, -0.1) is 0 Å². The van der Waals surface area contributed by atoms with Crippen molar-refractivity contribution >= 4 is 11.7 Å². The van der Waals surface area contributed by atoms with Crippen LogP contribution >= 0.6 is 0 Å². The number of carbonyl (C=O) groups is 1. The molecule has 1 aliphatic carbocycles. The number of benzene rings is 1. The smallest absolute Gasteiger partial charge is 0.304 e. The molecule has 1 aromatic rings. The minimum atomic E-state index is -0.699. The van der Waals surface area contributed by atoms with Gasteiger partial charge in [0.25, 0.3) is 0 Å². The Hall–Kier alpha value is -1.55. The van der Waals surface area contributed by atoms with Crippen LogP contribution in [0.2, 0.25) is 0 Å². The summed E-state index contributed by atoms with van der Waals surface area (Å²) in [6.07, 6.45) is 2.25. The minimum Gasteiger partial charge on any atom is -0.481 e. The fraction of sp³-hybridized carbons (Fsp3) is 0.533. The SMILES string of the molecule is O=C(O)CC1(c2ccc(N3CCOCC3)cc2)CC1. The van der Waals surface area contributed by atoms with Gasteiger partial charge in [-0.05, 0) is 30.5 Å². The van der Waals surface area contributed by atoms with Crippen LogP contribution in [0.5, 0.6) is 0 Å². The number of anilines is 1. The van der Waals surface area contributed by atoms with Gasteiger partial charge in [0.2, 0.25) is 0 Å². The molecule has 0 unspecified atom stereocenters. The van der Waals surface area contributed by atoms with E-state index in [1.54, 1.807) is 0 Å². The van der Waals surface area contributed by atoms with Gasteiger partial charge in [-0.3, -0.25) is 4.79 Å². The molecule has 4 heteroatoms. The van der Waals surface area contributed by atoms with Crippen LogP contribution in [0.15, 0.2) is 24.3 Å². The zero-order valence-corrected chi connectivity index (χ0v) is 11.0. The fourth-order valence-electron chi connectivity index (χ4n) is 2.86. The number of rotatable bonds is 4. The van der Waals surface area contributed by atoms with Crippen molar-refractivity contribution in [3.63, 3.8) is 0 Å². The Labute approximate surface area is 113 Å². The Morgan fingerprint density at radius 2 is 1.84 bits per heavy atom. The molecule has 2 fully saturated rings. The Balaban J connectivity index is 1.73. The van der Waals surface area contributed by atoms with E-state index in [1.165, 1.54) is 11.3 Å². The van der Waals surface area contributed by atoms with Crippen molar-refractivity contribution in [3.8, 4) is 0 Å². The molecule has 0 aromatic heterocycles. The van der Waals surface area contributed by atoms with E-state index in [1.807, 2.05) is 0 Å². The molecule has 1 saturated carbocycles. The highest BCUT2D eigenvalue weighted by atomic mass is 16.5. The quantitative estimate of drug-likeness (QED) is 0.901. The number of hydrogen-bond acceptors (Lipinski definition) is 3. The van der Waals surface area contributed by atoms with Gasteiger partial charge < -0.3 is 14.7 Å². The molecule has 0 amide bonds. The molecule has 102 valence electrons. The second-order valence-electron chi connectivity index (χ2n) is 5.50. The Morgan fingerprint density at radius 3 is 2.37 bits per heavy atom. The normalized spacial score (nSPS) is 21.2. The monoisotopic (exact) mass is 261 g/mol. The predicted molar refractivity (Wildman–Crippen MR) is 72.6 cm³/mol. The molecule has 1 aromatic carbocycles. The van der Waals surface area contributed by atoms with Crippen molar-refractivity contribution in [1.82, 2.24) is 0 Å². The van der Waals surface area contributed by atoms with Gasteiger partial charge in [-0.1, -0.05) is 12.1 Å². The van der Waals surface area contributed by atoms with Crippen LogP contribution in [0.3, 0.4) is 0 Å². The van der Waals surface area contributed by atoms with Gasteiger partial charge in [-0.25, -0.2) is 0 Å². The zero-order chi connectivity index (χ0) is 13.3. The van der Waals surface area contributed by atoms with E-state index >= 15 is 0 Å². The van der Waals surface area contributed by atoms with E-state index in [-0.39, 0.29) is 11.8 Å². The lowest BCUT2D eigenvalue weighted by Crippen LogP contribution is -2.36. The number of carboxylic acid groups (broad SMARTS) is 1. The van der Waals surface area contributed by atoms with Gasteiger partial charge in [-0.2, -0.15) is 0 Å². The number of nitrogens with zero attached hydrogens (tertiary/aromatic N) is 1. The van der Waals surface area contributed by atoms with Crippen LogP contribution in [0, 0.1) is 0 Å². The highest BCUT2D eigenvalue weighted by Gasteiger charge is 2.45. The topological polar surface area (TPSA) is 49.8 Å². The molecule has 1 saturated heterocycles. The lowest BCUT2D eigenvalue weighted by atomic mass is 9.92. The third-order valence-corrected chi connectivity index (χ3v) is 4.20. The molecular formula is C15H19NO3. The minimum absolute atomic E-state index is 0.0879. The zero-order valence-electron chi connectivity index (χ0n) is 11.0. The van der Waals surface area contributed by atoms with Gasteiger partial charge in [0.1, 0.15) is 0 Å². The molecule has 1 aliphatic heterocycles. The first kappa shape index (κ1) is 12.5. The summed E-state index contributed by atoms with van der Waals surface area (Å²) in [6, 6.07) is 8.42. The van der Waals surface area contributed by atoms with E-state index in [2.05, 4.69) is 29.2 Å². The molecule has 3 rings (SSSR count). The number of aliphatic carboxylic acids is 1. The predicted octanol–water partition coefficient (Wildman–Crippen LogP) is 2.03. The summed E-state index contributed by atoms with van der Waals surface area (Å²) in [6.45, 7) is 3.43. The van der Waals surface area contributed by atoms with Crippen LogP contribution in [0.1, 0.15) is 24.8 Å². The molecule has 1 N–H and O–H groups in total. The summed E-state index contributed by atoms with van der Waals surface area (Å²) in [4.78, 5) is 13.2. The van der Waals surface area contributed by atoms with Crippen molar-refractivity contribution in [2.75, 3.05) is 31.2 Å². The summed E-state index contributed by atoms with van der Waals surface area (Å²) >= 11 is 0. The van der Waals surface area contributed by atoms with Gasteiger partial charge in [0, 0.05) is 24.2 Å². The van der Waals surface area contributed by atoms with Crippen LogP contribution < -0.4 is 4.90 Å². The summed E-state index contributed by atoms with van der Waals surface area (Å²) in [7, 11) is 0. The third-order valence-electron chi connectivity index (χ3n) is 4.20. The maximum Gasteiger partial charge on any atom is 0.304 e. The maximum atomic E-state index is 10.9. The van der Waals surface area contributed by atoms with Gasteiger partial charge in [0.15, 0.2) is 0 Å². The first-order valence-corrected chi connectivity index (χ1v) is 6.85. The Bertz CT molecular complexity index is 459. The van der Waals surface area contributed by atoms with Crippen molar-refractivity contribution in [3.05, 3.63) is 29.8 Å². The molecule has 4 nitrogen and oxygen atoms in total. The third kappa shape index (κ3) is 2.59. The largest absolute Gasteiger partial charge is 0.481 e. The highest BCUT2D eigenvalue weighted by Crippen LogP contribution is 2.51. The first-order valence-electron chi connectivity index (χ1n) is 6.85. The average Bonchev–Trinajstić information content (AvgIpc) is 3.20. The molecule has 0 atom stereocenters. The molecule has 19 heavy (non-hydrogen) atoms. The van der Waals surface area contributed by atoms with E-state index < -0.39 is 5.97 Å². The Morgan fingerprint density at radius 1 is 1.21 bits per heavy atom. The van der Waals surface area contributed by atoms with E-state index in [4.69, 9.17) is 9.84 Å². The molecule has 0 radical (unpaired) electrons. The van der Waals surface area contributed by atoms with Crippen LogP contribution in [-0.2, 0) is 14.9 Å². The van der Waals surface area contributed by atoms with Crippen molar-refractivity contribution in [2.24, 2.45) is 0 Å². The van der Waals surface area contributed by atoms with Crippen LogP contribution in [-0.4, -0.2) is 37.4 Å². The molecule has 2 aliphatic rings. The summed E-state index contributed by atoms with van der Waals surface area (Å²) < 4.78 is 5.35. The maximum absolute atomic E-state index is 10.9. The Kier molecular flexibility index (Phi) is 3.19. The highest BCUT2D eigenvalue weighted by molar-refractivity contribution is 5.70. The van der Waals surface area contributed by atoms with Crippen molar-refractivity contribution in [1.29, 1.82) is 0 Å². The summed E-state index contributed by atoms with van der Waals surface area (Å²) in [5.74, 6) is -0.699. The number of morpholine rings is 1. The second kappa shape index (κ2) is 4.85. The summed E-state index contributed by atoms with van der Waals surface area (Å²) in [5, 5.41) is 8.99. The summed E-state index contributed by atoms with van der Waals surface area (Å²) in [5.41, 5.74) is 2.29. The lowest BCUT2D eigenvalue weighted by Gasteiger charge is -2.29. The number of ether oxygens (including phenoxy) is 1. The van der Waals surface area contributed by atoms with Gasteiger partial charge >= 0.3 is 5.97 Å². The van der Waals surface area contributed by atoms with E-state index in [9.17, 15) is 4.79 Å². The molecular weight excluding hydrogens is 242 g/mol. The lowest BCUT2D eigenvalue weighted by molar-refractivity contribution is -0.137. The average molecular weight is 261 g/mol. The van der Waals surface area contributed by atoms with Crippen LogP contribution in [0.25, 0.3) is 0 Å². The fourth-order valence-corrected chi connectivity index (χ4v) is 2.86. The number of carboxylic acids is 1. The molecule has 0 bridgehead atoms. The van der Waals surface area contributed by atoms with Crippen molar-refractivity contribution < 1.29 is 14.6 Å². The first-order chi connectivity index (χ1) is 9.20. The van der Waals surface area contributed by atoms with E-state index in [0.717, 1.165) is 39.1 Å². The van der Waals surface area contributed by atoms with Gasteiger partial charge in [0.05, 0.1) is 19.6 Å². The molecule has 0 spiro atoms. The molecule has 1 heterocycles.